The lowest BCUT2D eigenvalue weighted by Crippen LogP contribution is -2.20. The first-order chi connectivity index (χ1) is 13.4. The van der Waals surface area contributed by atoms with Crippen LogP contribution < -0.4 is 21.1 Å². The first-order valence-electron chi connectivity index (χ1n) is 7.98. The van der Waals surface area contributed by atoms with Gasteiger partial charge in [0.25, 0.3) is 5.91 Å². The zero-order chi connectivity index (χ0) is 20.1. The quantitative estimate of drug-likeness (QED) is 0.537. The van der Waals surface area contributed by atoms with E-state index in [4.69, 9.17) is 10.5 Å². The van der Waals surface area contributed by atoms with Crippen LogP contribution in [0.1, 0.15) is 10.5 Å². The maximum atomic E-state index is 13.7. The number of aromatic nitrogens is 1. The third kappa shape index (κ3) is 4.83. The molecule has 4 N–H and O–H groups in total. The van der Waals surface area contributed by atoms with Crippen molar-refractivity contribution in [3.8, 4) is 11.5 Å². The Morgan fingerprint density at radius 3 is 2.54 bits per heavy atom. The molecule has 0 aliphatic rings. The molecule has 1 aromatic heterocycles. The first kappa shape index (κ1) is 19.3. The van der Waals surface area contributed by atoms with Gasteiger partial charge in [-0.25, -0.2) is 14.2 Å². The van der Waals surface area contributed by atoms with Crippen LogP contribution in [0, 0.1) is 5.82 Å². The van der Waals surface area contributed by atoms with E-state index in [1.165, 1.54) is 24.4 Å². The summed E-state index contributed by atoms with van der Waals surface area (Å²) in [6.45, 7) is 0. The maximum Gasteiger partial charge on any atom is 0.323 e. The molecule has 0 radical (unpaired) electrons. The molecule has 9 heteroatoms. The monoisotopic (exact) mass is 444 g/mol. The Labute approximate surface area is 167 Å². The van der Waals surface area contributed by atoms with Crippen LogP contribution in [-0.2, 0) is 0 Å². The molecule has 0 atom stereocenters. The number of hydrogen-bond acceptors (Lipinski definition) is 4. The third-order valence-corrected chi connectivity index (χ3v) is 4.01. The average Bonchev–Trinajstić information content (AvgIpc) is 2.66. The molecule has 142 valence electrons. The molecule has 28 heavy (non-hydrogen) atoms. The van der Waals surface area contributed by atoms with Crippen molar-refractivity contribution in [1.29, 1.82) is 0 Å². The van der Waals surface area contributed by atoms with Crippen molar-refractivity contribution >= 4 is 39.2 Å². The van der Waals surface area contributed by atoms with Crippen LogP contribution in [0.15, 0.2) is 65.3 Å². The number of nitrogens with one attached hydrogen (secondary N) is 2. The molecule has 0 saturated carbocycles. The maximum absolute atomic E-state index is 13.7. The highest BCUT2D eigenvalue weighted by atomic mass is 79.9. The fourth-order valence-corrected chi connectivity index (χ4v) is 2.63. The highest BCUT2D eigenvalue weighted by molar-refractivity contribution is 9.10. The number of pyridine rings is 1. The number of hydrogen-bond donors (Lipinski definition) is 3. The molecule has 3 aromatic rings. The van der Waals surface area contributed by atoms with Gasteiger partial charge in [0.15, 0.2) is 11.4 Å². The predicted molar refractivity (Wildman–Crippen MR) is 106 cm³/mol. The molecule has 0 fully saturated rings. The van der Waals surface area contributed by atoms with Crippen molar-refractivity contribution in [3.05, 3.63) is 76.8 Å². The zero-order valence-electron chi connectivity index (χ0n) is 14.3. The summed E-state index contributed by atoms with van der Waals surface area (Å²) in [7, 11) is 0. The molecular weight excluding hydrogens is 431 g/mol. The fourth-order valence-electron chi connectivity index (χ4n) is 2.27. The van der Waals surface area contributed by atoms with Gasteiger partial charge in [0.1, 0.15) is 11.6 Å². The van der Waals surface area contributed by atoms with E-state index in [9.17, 15) is 14.0 Å². The van der Waals surface area contributed by atoms with E-state index in [1.54, 1.807) is 36.4 Å². The summed E-state index contributed by atoms with van der Waals surface area (Å²) in [5, 5.41) is 5.01. The molecule has 1 heterocycles. The Morgan fingerprint density at radius 2 is 1.82 bits per heavy atom. The number of nitrogens with zero attached hydrogens (tertiary/aromatic N) is 1. The molecule has 0 aliphatic heterocycles. The van der Waals surface area contributed by atoms with Gasteiger partial charge in [-0.2, -0.15) is 0 Å². The van der Waals surface area contributed by atoms with Crippen molar-refractivity contribution in [2.75, 3.05) is 10.6 Å². The summed E-state index contributed by atoms with van der Waals surface area (Å²) in [5.41, 5.74) is 5.78. The summed E-state index contributed by atoms with van der Waals surface area (Å²) in [5.74, 6) is -0.618. The number of benzene rings is 2. The topological polar surface area (TPSA) is 106 Å². The second-order valence-electron chi connectivity index (χ2n) is 5.54. The largest absolute Gasteiger partial charge is 0.455 e. The Balaban J connectivity index is 1.65. The number of nitrogens with two attached hydrogens (primary N) is 1. The molecule has 3 amide bonds. The summed E-state index contributed by atoms with van der Waals surface area (Å²) >= 11 is 3.22. The Kier molecular flexibility index (Phi) is 5.85. The first-order valence-corrected chi connectivity index (χ1v) is 8.77. The van der Waals surface area contributed by atoms with Crippen LogP contribution in [-0.4, -0.2) is 16.9 Å². The summed E-state index contributed by atoms with van der Waals surface area (Å²) < 4.78 is 19.9. The van der Waals surface area contributed by atoms with E-state index in [0.29, 0.717) is 15.9 Å². The van der Waals surface area contributed by atoms with Crippen LogP contribution in [0.3, 0.4) is 0 Å². The second kappa shape index (κ2) is 8.49. The smallest absolute Gasteiger partial charge is 0.323 e. The van der Waals surface area contributed by atoms with Crippen LogP contribution in [0.25, 0.3) is 0 Å². The minimum absolute atomic E-state index is 0.0140. The summed E-state index contributed by atoms with van der Waals surface area (Å²) in [6.07, 6.45) is 1.44. The van der Waals surface area contributed by atoms with Gasteiger partial charge in [-0.05, 0) is 54.6 Å². The molecule has 0 spiro atoms. The average molecular weight is 445 g/mol. The Morgan fingerprint density at radius 1 is 1.07 bits per heavy atom. The number of anilines is 2. The van der Waals surface area contributed by atoms with Crippen molar-refractivity contribution < 1.29 is 18.7 Å². The zero-order valence-corrected chi connectivity index (χ0v) is 15.9. The minimum atomic E-state index is -0.703. The molecular formula is C19H14BrFN4O3. The van der Waals surface area contributed by atoms with Crippen LogP contribution >= 0.6 is 15.9 Å². The number of primary amides is 1. The van der Waals surface area contributed by atoms with Crippen LogP contribution in [0.2, 0.25) is 0 Å². The number of carbonyl (C=O) groups excluding carboxylic acids is 2. The van der Waals surface area contributed by atoms with E-state index in [2.05, 4.69) is 31.5 Å². The normalized spacial score (nSPS) is 10.2. The van der Waals surface area contributed by atoms with Gasteiger partial charge in [0.05, 0.1) is 5.69 Å². The van der Waals surface area contributed by atoms with E-state index in [0.717, 1.165) is 0 Å². The molecule has 0 saturated heterocycles. The third-order valence-electron chi connectivity index (χ3n) is 3.52. The molecule has 0 bridgehead atoms. The van der Waals surface area contributed by atoms with E-state index >= 15 is 0 Å². The Bertz CT molecular complexity index is 1030. The van der Waals surface area contributed by atoms with Crippen molar-refractivity contribution in [1.82, 2.24) is 4.98 Å². The lowest BCUT2D eigenvalue weighted by Gasteiger charge is -2.11. The van der Waals surface area contributed by atoms with Crippen molar-refractivity contribution in [2.24, 2.45) is 5.73 Å². The summed E-state index contributed by atoms with van der Waals surface area (Å²) in [6, 6.07) is 13.2. The Hall–Kier alpha value is -3.46. The fraction of sp³-hybridized carbons (Fsp3) is 0. The standard InChI is InChI=1S/C19H14BrFN4O3/c20-11-3-8-14(21)15(10-11)25-19(27)24-12-4-6-13(7-5-12)28-16-2-1-9-23-17(16)18(22)26/h1-10H,(H2,22,26)(H2,24,25,27). The van der Waals surface area contributed by atoms with Gasteiger partial charge in [0.2, 0.25) is 0 Å². The van der Waals surface area contributed by atoms with Crippen LogP contribution in [0.4, 0.5) is 20.6 Å². The van der Waals surface area contributed by atoms with Crippen molar-refractivity contribution in [3.63, 3.8) is 0 Å². The molecule has 2 aromatic carbocycles. The number of ether oxygens (including phenoxy) is 1. The lowest BCUT2D eigenvalue weighted by molar-refractivity contribution is 0.0993. The lowest BCUT2D eigenvalue weighted by atomic mass is 10.3. The molecule has 0 unspecified atom stereocenters. The molecule has 7 nitrogen and oxygen atoms in total. The summed E-state index contributed by atoms with van der Waals surface area (Å²) in [4.78, 5) is 27.3. The SMILES string of the molecule is NC(=O)c1ncccc1Oc1ccc(NC(=O)Nc2cc(Br)ccc2F)cc1. The highest BCUT2D eigenvalue weighted by Gasteiger charge is 2.12. The highest BCUT2D eigenvalue weighted by Crippen LogP contribution is 2.25. The van der Waals surface area contributed by atoms with Gasteiger partial charge >= 0.3 is 6.03 Å². The van der Waals surface area contributed by atoms with E-state index < -0.39 is 17.8 Å². The number of halogens is 2. The van der Waals surface area contributed by atoms with Crippen LogP contribution in [0.5, 0.6) is 11.5 Å². The number of amides is 3. The number of carbonyl (C=O) groups is 2. The van der Waals surface area contributed by atoms with Gasteiger partial charge in [0, 0.05) is 16.4 Å². The molecule has 3 rings (SSSR count). The number of rotatable bonds is 5. The van der Waals surface area contributed by atoms with Gasteiger partial charge in [-0.15, -0.1) is 0 Å². The van der Waals surface area contributed by atoms with Gasteiger partial charge in [-0.3, -0.25) is 4.79 Å². The number of urea groups is 1. The second-order valence-corrected chi connectivity index (χ2v) is 6.46. The van der Waals surface area contributed by atoms with E-state index in [-0.39, 0.29) is 17.1 Å². The minimum Gasteiger partial charge on any atom is -0.455 e. The van der Waals surface area contributed by atoms with Gasteiger partial charge in [-0.1, -0.05) is 15.9 Å². The van der Waals surface area contributed by atoms with Gasteiger partial charge < -0.3 is 21.1 Å². The molecule has 0 aliphatic carbocycles. The van der Waals surface area contributed by atoms with Crippen molar-refractivity contribution in [2.45, 2.75) is 0 Å². The predicted octanol–water partition coefficient (Wildman–Crippen LogP) is 4.52. The van der Waals surface area contributed by atoms with E-state index in [1.807, 2.05) is 0 Å².